The molecule has 0 saturated carbocycles. The number of alkyl halides is 2. The fourth-order valence-corrected chi connectivity index (χ4v) is 1.47. The molecule has 0 radical (unpaired) electrons. The quantitative estimate of drug-likeness (QED) is 0.616. The van der Waals surface area contributed by atoms with Crippen molar-refractivity contribution in [3.8, 4) is 5.75 Å². The molecule has 1 aromatic heterocycles. The molecule has 0 N–H and O–H groups in total. The van der Waals surface area contributed by atoms with Gasteiger partial charge in [-0.25, -0.2) is 13.8 Å². The van der Waals surface area contributed by atoms with Crippen molar-refractivity contribution in [3.63, 3.8) is 0 Å². The largest absolute Gasteiger partial charge is 0.495 e. The second kappa shape index (κ2) is 4.36. The molecule has 0 aromatic carbocycles. The molecule has 0 aliphatic rings. The van der Waals surface area contributed by atoms with E-state index >= 15 is 0 Å². The Balaban J connectivity index is 3.22. The number of ether oxygens (including phenoxy) is 1. The van der Waals surface area contributed by atoms with Crippen LogP contribution < -0.4 is 4.74 Å². The Morgan fingerprint density at radius 1 is 1.62 bits per heavy atom. The molecule has 0 aliphatic heterocycles. The summed E-state index contributed by atoms with van der Waals surface area (Å²) in [5.74, 6) is 0.219. The fourth-order valence-electron chi connectivity index (χ4n) is 0.754. The van der Waals surface area contributed by atoms with E-state index in [2.05, 4.69) is 4.98 Å². The molecule has 2 nitrogen and oxygen atoms in total. The number of nitrogens with zero attached hydrogens (tertiary/aromatic N) is 1. The van der Waals surface area contributed by atoms with Crippen LogP contribution in [0.3, 0.4) is 0 Å². The third-order valence-electron chi connectivity index (χ3n) is 1.35. The molecule has 0 unspecified atom stereocenters. The predicted octanol–water partition coefficient (Wildman–Crippen LogP) is 3.29. The number of hydrogen-bond donors (Lipinski definition) is 0. The highest BCUT2D eigenvalue weighted by atomic mass is 127. The maximum atomic E-state index is 12.2. The first kappa shape index (κ1) is 10.9. The summed E-state index contributed by atoms with van der Waals surface area (Å²) in [6.07, 6.45) is -2.61. The second-order valence-corrected chi connectivity index (χ2v) is 3.55. The standard InChI is InChI=1S/C7H5ClF2INO/c1-13-4-2-3(6(9)10)12-7(11)5(4)8/h2,6H,1H3. The third kappa shape index (κ3) is 2.40. The van der Waals surface area contributed by atoms with Crippen molar-refractivity contribution in [1.82, 2.24) is 4.98 Å². The van der Waals surface area contributed by atoms with Crippen molar-refractivity contribution in [3.05, 3.63) is 20.5 Å². The van der Waals surface area contributed by atoms with Crippen molar-refractivity contribution in [2.24, 2.45) is 0 Å². The van der Waals surface area contributed by atoms with E-state index in [0.717, 1.165) is 6.07 Å². The minimum absolute atomic E-state index is 0.219. The number of rotatable bonds is 2. The van der Waals surface area contributed by atoms with Gasteiger partial charge in [-0.3, -0.25) is 0 Å². The molecule has 1 rings (SSSR count). The van der Waals surface area contributed by atoms with E-state index in [1.54, 1.807) is 22.6 Å². The summed E-state index contributed by atoms with van der Waals surface area (Å²) in [5.41, 5.74) is -0.328. The minimum Gasteiger partial charge on any atom is -0.495 e. The van der Waals surface area contributed by atoms with Crippen LogP contribution in [0, 0.1) is 3.70 Å². The van der Waals surface area contributed by atoms with Gasteiger partial charge in [-0.05, 0) is 22.6 Å². The maximum absolute atomic E-state index is 12.2. The van der Waals surface area contributed by atoms with Crippen molar-refractivity contribution < 1.29 is 13.5 Å². The van der Waals surface area contributed by atoms with Crippen molar-refractivity contribution in [2.75, 3.05) is 7.11 Å². The molecule has 1 heterocycles. The van der Waals surface area contributed by atoms with Crippen LogP contribution in [0.4, 0.5) is 8.78 Å². The van der Waals surface area contributed by atoms with Gasteiger partial charge in [-0.2, -0.15) is 0 Å². The summed E-state index contributed by atoms with van der Waals surface area (Å²) in [6, 6.07) is 1.13. The molecule has 0 spiro atoms. The number of pyridine rings is 1. The number of hydrogen-bond acceptors (Lipinski definition) is 2. The Morgan fingerprint density at radius 2 is 2.23 bits per heavy atom. The van der Waals surface area contributed by atoms with Crippen molar-refractivity contribution >= 4 is 34.2 Å². The van der Waals surface area contributed by atoms with Gasteiger partial charge < -0.3 is 4.74 Å². The molecule has 6 heteroatoms. The van der Waals surface area contributed by atoms with Gasteiger partial charge >= 0.3 is 0 Å². The van der Waals surface area contributed by atoms with E-state index < -0.39 is 6.43 Å². The van der Waals surface area contributed by atoms with Crippen LogP contribution in [0.5, 0.6) is 5.75 Å². The van der Waals surface area contributed by atoms with Gasteiger partial charge in [0.2, 0.25) is 0 Å². The smallest absolute Gasteiger partial charge is 0.280 e. The monoisotopic (exact) mass is 319 g/mol. The van der Waals surface area contributed by atoms with Crippen LogP contribution in [0.15, 0.2) is 6.07 Å². The summed E-state index contributed by atoms with van der Waals surface area (Å²) < 4.78 is 29.6. The van der Waals surface area contributed by atoms with Gasteiger partial charge in [0.1, 0.15) is 20.2 Å². The average molecular weight is 319 g/mol. The lowest BCUT2D eigenvalue weighted by Gasteiger charge is -2.06. The van der Waals surface area contributed by atoms with Gasteiger partial charge in [-0.1, -0.05) is 11.6 Å². The summed E-state index contributed by atoms with van der Waals surface area (Å²) in [6.45, 7) is 0. The second-order valence-electron chi connectivity index (χ2n) is 2.15. The zero-order valence-electron chi connectivity index (χ0n) is 6.52. The Kier molecular flexibility index (Phi) is 3.66. The van der Waals surface area contributed by atoms with Gasteiger partial charge in [-0.15, -0.1) is 0 Å². The van der Waals surface area contributed by atoms with Gasteiger partial charge in [0.05, 0.1) is 7.11 Å². The summed E-state index contributed by atoms with van der Waals surface area (Å²) >= 11 is 7.51. The zero-order valence-corrected chi connectivity index (χ0v) is 9.44. The number of methoxy groups -OCH3 is 1. The Morgan fingerprint density at radius 3 is 2.69 bits per heavy atom. The molecular weight excluding hydrogens is 314 g/mol. The zero-order chi connectivity index (χ0) is 10.0. The highest BCUT2D eigenvalue weighted by molar-refractivity contribution is 14.1. The normalized spacial score (nSPS) is 10.6. The van der Waals surface area contributed by atoms with E-state index in [1.165, 1.54) is 7.11 Å². The molecule has 72 valence electrons. The number of halogens is 4. The molecule has 0 atom stereocenters. The SMILES string of the molecule is COc1cc(C(F)F)nc(I)c1Cl. The predicted molar refractivity (Wildman–Crippen MR) is 53.5 cm³/mol. The van der Waals surface area contributed by atoms with Crippen molar-refractivity contribution in [2.45, 2.75) is 6.43 Å². The summed E-state index contributed by atoms with van der Waals surface area (Å²) in [4.78, 5) is 3.61. The van der Waals surface area contributed by atoms with E-state index in [-0.39, 0.29) is 16.5 Å². The first-order chi connectivity index (χ1) is 6.06. The van der Waals surface area contributed by atoms with E-state index in [9.17, 15) is 8.78 Å². The Labute approximate surface area is 92.4 Å². The van der Waals surface area contributed by atoms with Gasteiger partial charge in [0, 0.05) is 6.07 Å². The van der Waals surface area contributed by atoms with Gasteiger partial charge in [0.25, 0.3) is 6.43 Å². The molecule has 0 bridgehead atoms. The summed E-state index contributed by atoms with van der Waals surface area (Å²) in [7, 11) is 1.37. The lowest BCUT2D eigenvalue weighted by molar-refractivity contribution is 0.145. The fraction of sp³-hybridized carbons (Fsp3) is 0.286. The molecule has 1 aromatic rings. The number of aromatic nitrogens is 1. The molecule has 0 aliphatic carbocycles. The first-order valence-corrected chi connectivity index (χ1v) is 4.70. The first-order valence-electron chi connectivity index (χ1n) is 3.24. The van der Waals surface area contributed by atoms with E-state index in [0.29, 0.717) is 3.70 Å². The lowest BCUT2D eigenvalue weighted by Crippen LogP contribution is -1.96. The molecule has 0 amide bonds. The van der Waals surface area contributed by atoms with E-state index in [1.807, 2.05) is 0 Å². The lowest BCUT2D eigenvalue weighted by atomic mass is 10.3. The van der Waals surface area contributed by atoms with E-state index in [4.69, 9.17) is 16.3 Å². The van der Waals surface area contributed by atoms with Crippen molar-refractivity contribution in [1.29, 1.82) is 0 Å². The van der Waals surface area contributed by atoms with Gasteiger partial charge in [0.15, 0.2) is 0 Å². The molecular formula is C7H5ClF2INO. The van der Waals surface area contributed by atoms with Crippen LogP contribution >= 0.6 is 34.2 Å². The molecule has 0 fully saturated rings. The van der Waals surface area contributed by atoms with Crippen LogP contribution in [-0.4, -0.2) is 12.1 Å². The molecule has 13 heavy (non-hydrogen) atoms. The third-order valence-corrected chi connectivity index (χ3v) is 2.81. The highest BCUT2D eigenvalue weighted by Gasteiger charge is 2.15. The van der Waals surface area contributed by atoms with Crippen LogP contribution in [0.1, 0.15) is 12.1 Å². The topological polar surface area (TPSA) is 22.1 Å². The Hall–Kier alpha value is -0.170. The van der Waals surface area contributed by atoms with Crippen LogP contribution in [0.25, 0.3) is 0 Å². The molecule has 0 saturated heterocycles. The highest BCUT2D eigenvalue weighted by Crippen LogP contribution is 2.31. The summed E-state index contributed by atoms with van der Waals surface area (Å²) in [5, 5.41) is 0.257. The van der Waals surface area contributed by atoms with Crippen LogP contribution in [-0.2, 0) is 0 Å². The average Bonchev–Trinajstić information content (AvgIpc) is 2.09. The minimum atomic E-state index is -2.61. The maximum Gasteiger partial charge on any atom is 0.280 e. The van der Waals surface area contributed by atoms with Crippen LogP contribution in [0.2, 0.25) is 5.02 Å². The Bertz CT molecular complexity index is 322.